The quantitative estimate of drug-likeness (QED) is 0.733. The summed E-state index contributed by atoms with van der Waals surface area (Å²) in [5.74, 6) is 0.184. The Balaban J connectivity index is 2.79. The first-order chi connectivity index (χ1) is 8.02. The second kappa shape index (κ2) is 4.01. The molecule has 0 aliphatic rings. The van der Waals surface area contributed by atoms with Crippen molar-refractivity contribution in [3.8, 4) is 0 Å². The van der Waals surface area contributed by atoms with E-state index in [9.17, 15) is 9.59 Å². The predicted octanol–water partition coefficient (Wildman–Crippen LogP) is 0.916. The Kier molecular flexibility index (Phi) is 2.67. The molecule has 0 unspecified atom stereocenters. The van der Waals surface area contributed by atoms with Crippen molar-refractivity contribution >= 4 is 22.8 Å². The van der Waals surface area contributed by atoms with Gasteiger partial charge >= 0.3 is 0 Å². The number of aromatic nitrogens is 2. The highest BCUT2D eigenvalue weighted by molar-refractivity contribution is 5.90. The molecular weight excluding hydrogens is 218 g/mol. The number of nitrogens with zero attached hydrogens (tertiary/aromatic N) is 3. The van der Waals surface area contributed by atoms with Crippen molar-refractivity contribution in [2.45, 2.75) is 6.92 Å². The summed E-state index contributed by atoms with van der Waals surface area (Å²) in [7, 11) is 3.20. The lowest BCUT2D eigenvalue weighted by atomic mass is 10.2. The summed E-state index contributed by atoms with van der Waals surface area (Å²) in [6.45, 7) is 1.43. The first-order valence-corrected chi connectivity index (χ1v) is 5.22. The van der Waals surface area contributed by atoms with Crippen molar-refractivity contribution in [3.05, 3.63) is 34.6 Å². The van der Waals surface area contributed by atoms with Crippen LogP contribution in [0, 0.1) is 0 Å². The molecule has 5 nitrogen and oxygen atoms in total. The van der Waals surface area contributed by atoms with Gasteiger partial charge in [0.05, 0.1) is 10.9 Å². The molecule has 1 heterocycles. The lowest BCUT2D eigenvalue weighted by Crippen LogP contribution is -2.31. The summed E-state index contributed by atoms with van der Waals surface area (Å²) in [5.41, 5.74) is 0.442. The minimum Gasteiger partial charge on any atom is -0.285 e. The van der Waals surface area contributed by atoms with Gasteiger partial charge in [0.1, 0.15) is 0 Å². The van der Waals surface area contributed by atoms with Crippen LogP contribution in [0.1, 0.15) is 6.92 Å². The van der Waals surface area contributed by atoms with Crippen molar-refractivity contribution in [2.24, 2.45) is 7.05 Å². The third-order valence-electron chi connectivity index (χ3n) is 2.73. The molecule has 17 heavy (non-hydrogen) atoms. The first kappa shape index (κ1) is 11.3. The molecule has 1 amide bonds. The summed E-state index contributed by atoms with van der Waals surface area (Å²) in [5, 5.41) is 0.552. The van der Waals surface area contributed by atoms with Crippen LogP contribution in [0.5, 0.6) is 0 Å². The number of hydrogen-bond acceptors (Lipinski definition) is 3. The largest absolute Gasteiger partial charge is 0.285 e. The monoisotopic (exact) mass is 231 g/mol. The van der Waals surface area contributed by atoms with Crippen molar-refractivity contribution in [2.75, 3.05) is 11.9 Å². The van der Waals surface area contributed by atoms with Crippen LogP contribution in [0.25, 0.3) is 10.9 Å². The molecule has 0 spiro atoms. The molecular formula is C12H13N3O2. The number of fused-ring (bicyclic) bond motifs is 1. The fraction of sp³-hybridized carbons (Fsp3) is 0.250. The summed E-state index contributed by atoms with van der Waals surface area (Å²) in [6, 6.07) is 7.09. The normalized spacial score (nSPS) is 10.5. The highest BCUT2D eigenvalue weighted by atomic mass is 16.2. The van der Waals surface area contributed by atoms with Gasteiger partial charge in [0.2, 0.25) is 11.9 Å². The Hall–Kier alpha value is -2.17. The lowest BCUT2D eigenvalue weighted by molar-refractivity contribution is -0.116. The highest BCUT2D eigenvalue weighted by Crippen LogP contribution is 2.12. The minimum absolute atomic E-state index is 0.154. The average Bonchev–Trinajstić information content (AvgIpc) is 2.33. The van der Waals surface area contributed by atoms with E-state index in [0.717, 1.165) is 0 Å². The first-order valence-electron chi connectivity index (χ1n) is 5.22. The molecule has 88 valence electrons. The molecule has 1 aromatic heterocycles. The number of carbonyl (C=O) groups is 1. The Morgan fingerprint density at radius 3 is 2.65 bits per heavy atom. The maximum absolute atomic E-state index is 12.1. The molecule has 0 aliphatic heterocycles. The van der Waals surface area contributed by atoms with Gasteiger partial charge in [-0.2, -0.15) is 0 Å². The second-order valence-corrected chi connectivity index (χ2v) is 3.87. The van der Waals surface area contributed by atoms with Gasteiger partial charge in [-0.1, -0.05) is 12.1 Å². The number of amides is 1. The van der Waals surface area contributed by atoms with Crippen LogP contribution in [-0.2, 0) is 11.8 Å². The molecule has 0 atom stereocenters. The Morgan fingerprint density at radius 1 is 1.35 bits per heavy atom. The standard InChI is InChI=1S/C12H13N3O2/c1-8(16)14(2)12-13-10-7-5-4-6-9(10)11(17)15(12)3/h4-7H,1-3H3. The number of anilines is 1. The number of carbonyl (C=O) groups excluding carboxylic acids is 1. The van der Waals surface area contributed by atoms with E-state index in [2.05, 4.69) is 4.98 Å². The van der Waals surface area contributed by atoms with Crippen molar-refractivity contribution < 1.29 is 4.79 Å². The summed E-state index contributed by atoms with van der Waals surface area (Å²) in [4.78, 5) is 29.1. The van der Waals surface area contributed by atoms with Gasteiger partial charge < -0.3 is 0 Å². The van der Waals surface area contributed by atoms with E-state index in [1.165, 1.54) is 16.4 Å². The predicted molar refractivity (Wildman–Crippen MR) is 66.1 cm³/mol. The summed E-state index contributed by atoms with van der Waals surface area (Å²) >= 11 is 0. The highest BCUT2D eigenvalue weighted by Gasteiger charge is 2.13. The lowest BCUT2D eigenvalue weighted by Gasteiger charge is -2.17. The Morgan fingerprint density at radius 2 is 2.00 bits per heavy atom. The van der Waals surface area contributed by atoms with Crippen LogP contribution in [0.2, 0.25) is 0 Å². The van der Waals surface area contributed by atoms with Gasteiger partial charge in [-0.25, -0.2) is 4.98 Å². The summed E-state index contributed by atoms with van der Waals surface area (Å²) < 4.78 is 1.38. The maximum atomic E-state index is 12.1. The molecule has 0 saturated heterocycles. The summed E-state index contributed by atoms with van der Waals surface area (Å²) in [6.07, 6.45) is 0. The average molecular weight is 231 g/mol. The van der Waals surface area contributed by atoms with Gasteiger partial charge in [0.15, 0.2) is 0 Å². The van der Waals surface area contributed by atoms with Gasteiger partial charge in [0.25, 0.3) is 5.56 Å². The zero-order chi connectivity index (χ0) is 12.6. The smallest absolute Gasteiger partial charge is 0.262 e. The Bertz CT molecular complexity index is 646. The van der Waals surface area contributed by atoms with E-state index in [-0.39, 0.29) is 11.5 Å². The molecule has 2 aromatic rings. The van der Waals surface area contributed by atoms with Gasteiger partial charge in [-0.15, -0.1) is 0 Å². The van der Waals surface area contributed by atoms with Crippen molar-refractivity contribution in [1.29, 1.82) is 0 Å². The fourth-order valence-electron chi connectivity index (χ4n) is 1.65. The van der Waals surface area contributed by atoms with Crippen LogP contribution in [0.4, 0.5) is 5.95 Å². The minimum atomic E-state index is -0.164. The molecule has 2 rings (SSSR count). The van der Waals surface area contributed by atoms with Crippen LogP contribution in [-0.4, -0.2) is 22.5 Å². The third kappa shape index (κ3) is 1.80. The van der Waals surface area contributed by atoms with E-state index in [0.29, 0.717) is 16.9 Å². The maximum Gasteiger partial charge on any atom is 0.262 e. The number of benzene rings is 1. The molecule has 0 N–H and O–H groups in total. The number of rotatable bonds is 1. The van der Waals surface area contributed by atoms with Crippen LogP contribution in [0.15, 0.2) is 29.1 Å². The van der Waals surface area contributed by atoms with Gasteiger partial charge in [-0.05, 0) is 12.1 Å². The molecule has 0 fully saturated rings. The van der Waals surface area contributed by atoms with Gasteiger partial charge in [0, 0.05) is 21.0 Å². The van der Waals surface area contributed by atoms with E-state index in [4.69, 9.17) is 0 Å². The molecule has 0 aliphatic carbocycles. The molecule has 0 bridgehead atoms. The van der Waals surface area contributed by atoms with E-state index < -0.39 is 0 Å². The van der Waals surface area contributed by atoms with Crippen LogP contribution < -0.4 is 10.5 Å². The van der Waals surface area contributed by atoms with Gasteiger partial charge in [-0.3, -0.25) is 19.1 Å². The zero-order valence-electron chi connectivity index (χ0n) is 9.97. The topological polar surface area (TPSA) is 55.2 Å². The molecule has 0 radical (unpaired) electrons. The van der Waals surface area contributed by atoms with Crippen LogP contribution >= 0.6 is 0 Å². The molecule has 0 saturated carbocycles. The number of hydrogen-bond donors (Lipinski definition) is 0. The van der Waals surface area contributed by atoms with E-state index >= 15 is 0 Å². The molecule has 1 aromatic carbocycles. The SMILES string of the molecule is CC(=O)N(C)c1nc2ccccc2c(=O)n1C. The Labute approximate surface area is 98.3 Å². The third-order valence-corrected chi connectivity index (χ3v) is 2.73. The molecule has 5 heteroatoms. The van der Waals surface area contributed by atoms with E-state index in [1.807, 2.05) is 6.07 Å². The zero-order valence-corrected chi connectivity index (χ0v) is 9.97. The second-order valence-electron chi connectivity index (χ2n) is 3.87. The van der Waals surface area contributed by atoms with Crippen LogP contribution in [0.3, 0.4) is 0 Å². The van der Waals surface area contributed by atoms with Crippen molar-refractivity contribution in [1.82, 2.24) is 9.55 Å². The van der Waals surface area contributed by atoms with Crippen molar-refractivity contribution in [3.63, 3.8) is 0 Å². The fourth-order valence-corrected chi connectivity index (χ4v) is 1.65. The number of para-hydroxylation sites is 1. The van der Waals surface area contributed by atoms with E-state index in [1.54, 1.807) is 32.3 Å².